The van der Waals surface area contributed by atoms with Gasteiger partial charge in [0.1, 0.15) is 16.5 Å². The van der Waals surface area contributed by atoms with E-state index in [1.165, 1.54) is 11.3 Å². The smallest absolute Gasteiger partial charge is 0.273 e. The van der Waals surface area contributed by atoms with Crippen LogP contribution < -0.4 is 4.74 Å². The molecule has 116 valence electrons. The van der Waals surface area contributed by atoms with Gasteiger partial charge in [-0.3, -0.25) is 4.79 Å². The van der Waals surface area contributed by atoms with Crippen molar-refractivity contribution in [2.75, 3.05) is 13.2 Å². The maximum absolute atomic E-state index is 12.5. The third-order valence-electron chi connectivity index (χ3n) is 3.95. The van der Waals surface area contributed by atoms with E-state index in [1.54, 1.807) is 0 Å². The second-order valence-electron chi connectivity index (χ2n) is 5.49. The lowest BCUT2D eigenvalue weighted by atomic mass is 10.2. The molecule has 1 aromatic heterocycles. The van der Waals surface area contributed by atoms with Gasteiger partial charge in [0, 0.05) is 23.5 Å². The van der Waals surface area contributed by atoms with Crippen molar-refractivity contribution in [2.45, 2.75) is 32.7 Å². The first-order valence-corrected chi connectivity index (χ1v) is 8.56. The molecule has 2 aromatic rings. The Bertz CT molecular complexity index is 651. The summed E-state index contributed by atoms with van der Waals surface area (Å²) < 4.78 is 5.44. The summed E-state index contributed by atoms with van der Waals surface area (Å²) in [7, 11) is 0. The Morgan fingerprint density at radius 1 is 1.41 bits per heavy atom. The van der Waals surface area contributed by atoms with Crippen LogP contribution in [-0.4, -0.2) is 35.0 Å². The lowest BCUT2D eigenvalue weighted by Gasteiger charge is -2.19. The van der Waals surface area contributed by atoms with Gasteiger partial charge in [0.25, 0.3) is 5.91 Å². The zero-order valence-corrected chi connectivity index (χ0v) is 13.7. The largest absolute Gasteiger partial charge is 0.494 e. The summed E-state index contributed by atoms with van der Waals surface area (Å²) in [5.41, 5.74) is 1.57. The van der Waals surface area contributed by atoms with Crippen molar-refractivity contribution in [2.24, 2.45) is 0 Å². The van der Waals surface area contributed by atoms with Gasteiger partial charge in [-0.2, -0.15) is 0 Å². The number of ether oxygens (including phenoxy) is 1. The predicted octanol–water partition coefficient (Wildman–Crippen LogP) is 3.83. The Balaban J connectivity index is 1.77. The summed E-state index contributed by atoms with van der Waals surface area (Å²) in [4.78, 5) is 18.9. The fourth-order valence-electron chi connectivity index (χ4n) is 2.75. The monoisotopic (exact) mass is 316 g/mol. The maximum atomic E-state index is 12.5. The molecule has 0 aliphatic carbocycles. The molecule has 1 aromatic carbocycles. The summed E-state index contributed by atoms with van der Waals surface area (Å²) >= 11 is 1.51. The molecule has 0 spiro atoms. The number of hydrogen-bond donors (Lipinski definition) is 0. The highest BCUT2D eigenvalue weighted by Gasteiger charge is 2.27. The molecular formula is C17H20N2O2S. The van der Waals surface area contributed by atoms with E-state index in [0.29, 0.717) is 18.3 Å². The van der Waals surface area contributed by atoms with Crippen LogP contribution in [0.1, 0.15) is 37.2 Å². The van der Waals surface area contributed by atoms with Gasteiger partial charge >= 0.3 is 0 Å². The van der Waals surface area contributed by atoms with Crippen molar-refractivity contribution in [3.63, 3.8) is 0 Å². The van der Waals surface area contributed by atoms with Gasteiger partial charge in [-0.05, 0) is 51.0 Å². The summed E-state index contributed by atoms with van der Waals surface area (Å²) in [6.45, 7) is 5.57. The van der Waals surface area contributed by atoms with Crippen molar-refractivity contribution < 1.29 is 9.53 Å². The van der Waals surface area contributed by atoms with E-state index in [9.17, 15) is 4.79 Å². The molecule has 0 unspecified atom stereocenters. The topological polar surface area (TPSA) is 42.4 Å². The van der Waals surface area contributed by atoms with E-state index in [-0.39, 0.29) is 5.91 Å². The molecule has 2 heterocycles. The van der Waals surface area contributed by atoms with Gasteiger partial charge in [0.2, 0.25) is 0 Å². The normalized spacial score (nSPS) is 17.7. The van der Waals surface area contributed by atoms with Gasteiger partial charge in [-0.15, -0.1) is 11.3 Å². The molecule has 22 heavy (non-hydrogen) atoms. The second kappa shape index (κ2) is 6.48. The fraction of sp³-hybridized carbons (Fsp3) is 0.412. The predicted molar refractivity (Wildman–Crippen MR) is 88.5 cm³/mol. The minimum Gasteiger partial charge on any atom is -0.494 e. The molecule has 5 heteroatoms. The number of likely N-dealkylation sites (tertiary alicyclic amines) is 1. The molecule has 0 radical (unpaired) electrons. The molecule has 1 amide bonds. The van der Waals surface area contributed by atoms with Crippen LogP contribution in [0.2, 0.25) is 0 Å². The van der Waals surface area contributed by atoms with Crippen LogP contribution in [0.5, 0.6) is 5.75 Å². The number of thiazole rings is 1. The second-order valence-corrected chi connectivity index (χ2v) is 6.34. The first kappa shape index (κ1) is 15.0. The van der Waals surface area contributed by atoms with Gasteiger partial charge in [0.15, 0.2) is 0 Å². The quantitative estimate of drug-likeness (QED) is 0.861. The van der Waals surface area contributed by atoms with Crippen LogP contribution in [0.3, 0.4) is 0 Å². The number of nitrogens with zero attached hydrogens (tertiary/aromatic N) is 2. The first-order valence-electron chi connectivity index (χ1n) is 7.68. The summed E-state index contributed by atoms with van der Waals surface area (Å²) in [6.07, 6.45) is 2.17. The number of carbonyl (C=O) groups is 1. The van der Waals surface area contributed by atoms with Crippen LogP contribution in [0, 0.1) is 0 Å². The van der Waals surface area contributed by atoms with Crippen molar-refractivity contribution >= 4 is 17.2 Å². The molecule has 4 nitrogen and oxygen atoms in total. The Kier molecular flexibility index (Phi) is 4.43. The lowest BCUT2D eigenvalue weighted by molar-refractivity contribution is 0.0742. The Morgan fingerprint density at radius 3 is 2.82 bits per heavy atom. The van der Waals surface area contributed by atoms with E-state index in [1.807, 2.05) is 41.5 Å². The van der Waals surface area contributed by atoms with Crippen LogP contribution in [0.4, 0.5) is 0 Å². The number of carbonyl (C=O) groups excluding carboxylic acids is 1. The van der Waals surface area contributed by atoms with Crippen LogP contribution in [0.15, 0.2) is 29.6 Å². The SMILES string of the molecule is CCOc1ccc(-c2nc(C(=O)N3CCC[C@H]3C)cs2)cc1. The van der Waals surface area contributed by atoms with Crippen molar-refractivity contribution in [1.82, 2.24) is 9.88 Å². The molecule has 0 bridgehead atoms. The minimum atomic E-state index is 0.0541. The molecule has 0 N–H and O–H groups in total. The molecule has 1 aliphatic heterocycles. The zero-order chi connectivity index (χ0) is 15.5. The number of hydrogen-bond acceptors (Lipinski definition) is 4. The average Bonchev–Trinajstić information content (AvgIpc) is 3.17. The number of rotatable bonds is 4. The van der Waals surface area contributed by atoms with Crippen LogP contribution >= 0.6 is 11.3 Å². The zero-order valence-electron chi connectivity index (χ0n) is 12.9. The van der Waals surface area contributed by atoms with E-state index in [0.717, 1.165) is 35.7 Å². The molecule has 1 atom stereocenters. The third-order valence-corrected chi connectivity index (χ3v) is 4.84. The number of aromatic nitrogens is 1. The van der Waals surface area contributed by atoms with E-state index >= 15 is 0 Å². The van der Waals surface area contributed by atoms with Crippen molar-refractivity contribution in [3.05, 3.63) is 35.3 Å². The highest BCUT2D eigenvalue weighted by atomic mass is 32.1. The average molecular weight is 316 g/mol. The van der Waals surface area contributed by atoms with Gasteiger partial charge in [-0.1, -0.05) is 0 Å². The highest BCUT2D eigenvalue weighted by Crippen LogP contribution is 2.27. The first-order chi connectivity index (χ1) is 10.7. The molecule has 1 fully saturated rings. The summed E-state index contributed by atoms with van der Waals surface area (Å²) in [6, 6.07) is 8.16. The number of benzene rings is 1. The Morgan fingerprint density at radius 2 is 2.18 bits per heavy atom. The van der Waals surface area contributed by atoms with Gasteiger partial charge < -0.3 is 9.64 Å². The molecule has 0 saturated carbocycles. The Hall–Kier alpha value is -1.88. The van der Waals surface area contributed by atoms with E-state index in [4.69, 9.17) is 4.74 Å². The van der Waals surface area contributed by atoms with Crippen molar-refractivity contribution in [3.8, 4) is 16.3 Å². The highest BCUT2D eigenvalue weighted by molar-refractivity contribution is 7.13. The number of amides is 1. The molecule has 1 saturated heterocycles. The van der Waals surface area contributed by atoms with E-state index < -0.39 is 0 Å². The lowest BCUT2D eigenvalue weighted by Crippen LogP contribution is -2.33. The third kappa shape index (κ3) is 2.99. The van der Waals surface area contributed by atoms with Gasteiger partial charge in [-0.25, -0.2) is 4.98 Å². The molecular weight excluding hydrogens is 296 g/mol. The Labute approximate surface area is 134 Å². The summed E-state index contributed by atoms with van der Waals surface area (Å²) in [5, 5.41) is 2.73. The maximum Gasteiger partial charge on any atom is 0.273 e. The van der Waals surface area contributed by atoms with Crippen LogP contribution in [0.25, 0.3) is 10.6 Å². The summed E-state index contributed by atoms with van der Waals surface area (Å²) in [5.74, 6) is 0.906. The minimum absolute atomic E-state index is 0.0541. The fourth-order valence-corrected chi connectivity index (χ4v) is 3.55. The van der Waals surface area contributed by atoms with Crippen LogP contribution in [-0.2, 0) is 0 Å². The molecule has 1 aliphatic rings. The van der Waals surface area contributed by atoms with Gasteiger partial charge in [0.05, 0.1) is 6.61 Å². The standard InChI is InChI=1S/C17H20N2O2S/c1-3-21-14-8-6-13(7-9-14)16-18-15(11-22-16)17(20)19-10-4-5-12(19)2/h6-9,11-12H,3-5,10H2,1-2H3/t12-/m1/s1. The van der Waals surface area contributed by atoms with E-state index in [2.05, 4.69) is 11.9 Å². The van der Waals surface area contributed by atoms with Crippen molar-refractivity contribution in [1.29, 1.82) is 0 Å². The molecule has 3 rings (SSSR count).